The maximum atomic E-state index is 12.8. The van der Waals surface area contributed by atoms with Crippen LogP contribution in [0.3, 0.4) is 0 Å². The first-order valence-electron chi connectivity index (χ1n) is 9.41. The average Bonchev–Trinajstić information content (AvgIpc) is 3.26. The van der Waals surface area contributed by atoms with Crippen molar-refractivity contribution in [3.8, 4) is 11.3 Å². The first kappa shape index (κ1) is 17.8. The number of carbonyl (C=O) groups excluding carboxylic acids is 3. The van der Waals surface area contributed by atoms with E-state index in [1.54, 1.807) is 34.9 Å². The van der Waals surface area contributed by atoms with Crippen LogP contribution >= 0.6 is 0 Å². The van der Waals surface area contributed by atoms with E-state index in [1.807, 2.05) is 48.5 Å². The van der Waals surface area contributed by atoms with Crippen LogP contribution in [0, 0.1) is 0 Å². The van der Waals surface area contributed by atoms with Crippen LogP contribution in [0.25, 0.3) is 16.9 Å². The lowest BCUT2D eigenvalue weighted by Crippen LogP contribution is -2.37. The Morgan fingerprint density at radius 3 is 2.17 bits per heavy atom. The molecule has 1 N–H and O–H groups in total. The van der Waals surface area contributed by atoms with Crippen LogP contribution in [-0.2, 0) is 4.79 Å². The molecule has 3 amide bonds. The van der Waals surface area contributed by atoms with Crippen molar-refractivity contribution in [1.82, 2.24) is 14.3 Å². The number of rotatable bonds is 4. The Kier molecular flexibility index (Phi) is 4.14. The molecule has 0 spiro atoms. The summed E-state index contributed by atoms with van der Waals surface area (Å²) in [5, 5.41) is 2.84. The molecule has 0 unspecified atom stereocenters. The highest BCUT2D eigenvalue weighted by atomic mass is 16.2. The molecule has 0 bridgehead atoms. The van der Waals surface area contributed by atoms with Crippen LogP contribution in [0.4, 0.5) is 5.82 Å². The molecule has 146 valence electrons. The second-order valence-corrected chi connectivity index (χ2v) is 6.89. The summed E-state index contributed by atoms with van der Waals surface area (Å²) in [5.74, 6) is -0.926. The highest BCUT2D eigenvalue weighted by molar-refractivity contribution is 6.22. The standard InChI is InChI=1S/C23H16N4O3/c28-19(14-27-22(29)16-10-4-5-11-17(16)23(27)30)25-21-20(15-8-2-1-3-9-15)24-18-12-6-7-13-26(18)21/h1-13H,14H2,(H,25,28). The van der Waals surface area contributed by atoms with Gasteiger partial charge in [0.2, 0.25) is 5.91 Å². The Morgan fingerprint density at radius 1 is 0.833 bits per heavy atom. The van der Waals surface area contributed by atoms with E-state index in [2.05, 4.69) is 10.3 Å². The number of hydrogen-bond donors (Lipinski definition) is 1. The number of aromatic nitrogens is 2. The van der Waals surface area contributed by atoms with Crippen molar-refractivity contribution in [2.24, 2.45) is 0 Å². The zero-order chi connectivity index (χ0) is 20.7. The van der Waals surface area contributed by atoms with Gasteiger partial charge in [-0.25, -0.2) is 4.98 Å². The van der Waals surface area contributed by atoms with Gasteiger partial charge in [-0.15, -0.1) is 0 Å². The zero-order valence-corrected chi connectivity index (χ0v) is 15.8. The summed E-state index contributed by atoms with van der Waals surface area (Å²) in [5.41, 5.74) is 2.76. The van der Waals surface area contributed by atoms with Gasteiger partial charge in [0, 0.05) is 11.8 Å². The Bertz CT molecular complexity index is 1280. The van der Waals surface area contributed by atoms with Crippen LogP contribution in [-0.4, -0.2) is 38.6 Å². The minimum atomic E-state index is -0.479. The molecule has 2 aromatic carbocycles. The maximum absolute atomic E-state index is 12.8. The van der Waals surface area contributed by atoms with Crippen LogP contribution in [0.1, 0.15) is 20.7 Å². The first-order chi connectivity index (χ1) is 14.6. The first-order valence-corrected chi connectivity index (χ1v) is 9.41. The van der Waals surface area contributed by atoms with Crippen molar-refractivity contribution >= 4 is 29.2 Å². The number of hydrogen-bond acceptors (Lipinski definition) is 4. The van der Waals surface area contributed by atoms with Gasteiger partial charge in [0.1, 0.15) is 23.7 Å². The van der Waals surface area contributed by atoms with Crippen molar-refractivity contribution in [2.75, 3.05) is 11.9 Å². The molecule has 4 aromatic rings. The van der Waals surface area contributed by atoms with Gasteiger partial charge >= 0.3 is 0 Å². The van der Waals surface area contributed by atoms with E-state index >= 15 is 0 Å². The fraction of sp³-hybridized carbons (Fsp3) is 0.0435. The Morgan fingerprint density at radius 2 is 1.47 bits per heavy atom. The number of amides is 3. The molecule has 0 aliphatic carbocycles. The van der Waals surface area contributed by atoms with Gasteiger partial charge in [0.15, 0.2) is 0 Å². The molecule has 5 rings (SSSR count). The van der Waals surface area contributed by atoms with E-state index in [0.29, 0.717) is 28.3 Å². The fourth-order valence-corrected chi connectivity index (χ4v) is 3.61. The van der Waals surface area contributed by atoms with Crippen molar-refractivity contribution in [3.05, 3.63) is 90.1 Å². The van der Waals surface area contributed by atoms with Gasteiger partial charge in [-0.3, -0.25) is 23.7 Å². The number of imidazole rings is 1. The summed E-state index contributed by atoms with van der Waals surface area (Å²) in [6.45, 7) is -0.374. The minimum Gasteiger partial charge on any atom is -0.308 e. The summed E-state index contributed by atoms with van der Waals surface area (Å²) in [7, 11) is 0. The highest BCUT2D eigenvalue weighted by Gasteiger charge is 2.36. The van der Waals surface area contributed by atoms with Crippen LogP contribution in [0.15, 0.2) is 79.0 Å². The Balaban J connectivity index is 1.46. The van der Waals surface area contributed by atoms with Gasteiger partial charge in [-0.05, 0) is 24.3 Å². The molecule has 0 radical (unpaired) electrons. The molecular formula is C23H16N4O3. The van der Waals surface area contributed by atoms with E-state index in [-0.39, 0.29) is 6.54 Å². The predicted octanol–water partition coefficient (Wildman–Crippen LogP) is 3.24. The lowest BCUT2D eigenvalue weighted by molar-refractivity contribution is -0.116. The number of nitrogens with zero attached hydrogens (tertiary/aromatic N) is 3. The van der Waals surface area contributed by atoms with E-state index in [9.17, 15) is 14.4 Å². The molecule has 0 fully saturated rings. The normalized spacial score (nSPS) is 13.0. The third-order valence-electron chi connectivity index (χ3n) is 5.01. The maximum Gasteiger partial charge on any atom is 0.262 e. The van der Waals surface area contributed by atoms with E-state index in [0.717, 1.165) is 10.5 Å². The van der Waals surface area contributed by atoms with Gasteiger partial charge in [-0.2, -0.15) is 0 Å². The summed E-state index contributed by atoms with van der Waals surface area (Å²) < 4.78 is 1.77. The minimum absolute atomic E-state index is 0.315. The number of carbonyl (C=O) groups is 3. The topological polar surface area (TPSA) is 83.8 Å². The molecule has 30 heavy (non-hydrogen) atoms. The molecule has 0 saturated carbocycles. The molecule has 1 aliphatic heterocycles. The number of fused-ring (bicyclic) bond motifs is 2. The van der Waals surface area contributed by atoms with Crippen molar-refractivity contribution in [1.29, 1.82) is 0 Å². The second kappa shape index (κ2) is 6.97. The summed E-state index contributed by atoms with van der Waals surface area (Å²) in [6, 6.07) is 21.6. The smallest absolute Gasteiger partial charge is 0.262 e. The quantitative estimate of drug-likeness (QED) is 0.537. The summed E-state index contributed by atoms with van der Waals surface area (Å²) in [6.07, 6.45) is 1.80. The number of nitrogens with one attached hydrogen (secondary N) is 1. The molecular weight excluding hydrogens is 380 g/mol. The fourth-order valence-electron chi connectivity index (χ4n) is 3.61. The lowest BCUT2D eigenvalue weighted by Gasteiger charge is -2.14. The predicted molar refractivity (Wildman–Crippen MR) is 111 cm³/mol. The van der Waals surface area contributed by atoms with Crippen LogP contribution < -0.4 is 5.32 Å². The van der Waals surface area contributed by atoms with Crippen LogP contribution in [0.2, 0.25) is 0 Å². The average molecular weight is 396 g/mol. The summed E-state index contributed by atoms with van der Waals surface area (Å²) in [4.78, 5) is 43.5. The number of anilines is 1. The van der Waals surface area contributed by atoms with Crippen molar-refractivity contribution in [2.45, 2.75) is 0 Å². The monoisotopic (exact) mass is 396 g/mol. The summed E-state index contributed by atoms with van der Waals surface area (Å²) >= 11 is 0. The Hall–Kier alpha value is -4.26. The van der Waals surface area contributed by atoms with Gasteiger partial charge in [0.05, 0.1) is 11.1 Å². The highest BCUT2D eigenvalue weighted by Crippen LogP contribution is 2.29. The lowest BCUT2D eigenvalue weighted by atomic mass is 10.1. The van der Waals surface area contributed by atoms with Gasteiger partial charge < -0.3 is 5.32 Å². The number of imide groups is 1. The number of benzene rings is 2. The second-order valence-electron chi connectivity index (χ2n) is 6.89. The molecule has 7 nitrogen and oxygen atoms in total. The molecule has 1 aliphatic rings. The molecule has 0 atom stereocenters. The molecule has 2 aromatic heterocycles. The largest absolute Gasteiger partial charge is 0.308 e. The van der Waals surface area contributed by atoms with Crippen LogP contribution in [0.5, 0.6) is 0 Å². The SMILES string of the molecule is O=C(CN1C(=O)c2ccccc2C1=O)Nc1c(-c2ccccc2)nc2ccccn12. The third-order valence-corrected chi connectivity index (χ3v) is 5.01. The van der Waals surface area contributed by atoms with Crippen molar-refractivity contribution < 1.29 is 14.4 Å². The molecule has 3 heterocycles. The van der Waals surface area contributed by atoms with E-state index in [1.165, 1.54) is 0 Å². The number of pyridine rings is 1. The van der Waals surface area contributed by atoms with Gasteiger partial charge in [0.25, 0.3) is 11.8 Å². The van der Waals surface area contributed by atoms with E-state index in [4.69, 9.17) is 0 Å². The molecule has 7 heteroatoms. The van der Waals surface area contributed by atoms with Crippen molar-refractivity contribution in [3.63, 3.8) is 0 Å². The molecule has 0 saturated heterocycles. The third kappa shape index (κ3) is 2.84. The van der Waals surface area contributed by atoms with E-state index < -0.39 is 17.7 Å². The zero-order valence-electron chi connectivity index (χ0n) is 15.8. The Labute approximate surface area is 171 Å². The van der Waals surface area contributed by atoms with Gasteiger partial charge in [-0.1, -0.05) is 48.5 Å².